The molecule has 2 aromatic heterocycles. The lowest BCUT2D eigenvalue weighted by molar-refractivity contribution is -0.114. The van der Waals surface area contributed by atoms with Gasteiger partial charge in [0.2, 0.25) is 5.95 Å². The van der Waals surface area contributed by atoms with E-state index in [1.807, 2.05) is 31.1 Å². The number of likely N-dealkylation sites (N-methyl/N-ethyl adjacent to an activating group) is 1. The van der Waals surface area contributed by atoms with Gasteiger partial charge in [-0.25, -0.2) is 9.37 Å². The van der Waals surface area contributed by atoms with E-state index in [0.717, 1.165) is 31.6 Å². The van der Waals surface area contributed by atoms with E-state index in [4.69, 9.17) is 0 Å². The third kappa shape index (κ3) is 6.23. The Morgan fingerprint density at radius 2 is 1.97 bits per heavy atom. The van der Waals surface area contributed by atoms with Crippen LogP contribution in [-0.2, 0) is 11.2 Å². The van der Waals surface area contributed by atoms with Crippen LogP contribution in [0.3, 0.4) is 0 Å². The number of nitrogens with zero attached hydrogens (tertiary/aromatic N) is 5. The SMILES string of the molecule is CN(C)C/C=C/C(=O)Cc1ccc(F)c(-c2nc(Nc3ccc(O)c(N4CCCCC4)c3)nc3[nH]ncc23)c1. The van der Waals surface area contributed by atoms with Crippen LogP contribution in [0.2, 0.25) is 0 Å². The first-order valence-electron chi connectivity index (χ1n) is 13.1. The molecule has 0 bridgehead atoms. The van der Waals surface area contributed by atoms with Gasteiger partial charge in [-0.15, -0.1) is 0 Å². The summed E-state index contributed by atoms with van der Waals surface area (Å²) in [5.74, 6) is -0.0501. The lowest BCUT2D eigenvalue weighted by Gasteiger charge is -2.29. The summed E-state index contributed by atoms with van der Waals surface area (Å²) in [6, 6.07) is 9.89. The minimum atomic E-state index is -0.460. The van der Waals surface area contributed by atoms with Crippen LogP contribution in [0.25, 0.3) is 22.3 Å². The molecule has 1 fully saturated rings. The molecule has 0 aliphatic carbocycles. The second-order valence-electron chi connectivity index (χ2n) is 10.0. The molecular formula is C29H32FN7O2. The molecule has 0 atom stereocenters. The summed E-state index contributed by atoms with van der Waals surface area (Å²) in [7, 11) is 3.86. The Kier molecular flexibility index (Phi) is 7.83. The Hall–Kier alpha value is -4.31. The van der Waals surface area contributed by atoms with Gasteiger partial charge in [0.05, 0.1) is 23.0 Å². The number of phenols is 1. The summed E-state index contributed by atoms with van der Waals surface area (Å²) >= 11 is 0. The van der Waals surface area contributed by atoms with Crippen molar-refractivity contribution in [2.45, 2.75) is 25.7 Å². The van der Waals surface area contributed by atoms with E-state index in [0.29, 0.717) is 34.5 Å². The van der Waals surface area contributed by atoms with Gasteiger partial charge in [0.1, 0.15) is 11.6 Å². The molecule has 1 saturated heterocycles. The summed E-state index contributed by atoms with van der Waals surface area (Å²) in [5.41, 5.74) is 3.20. The third-order valence-corrected chi connectivity index (χ3v) is 6.68. The number of carbonyl (C=O) groups excluding carboxylic acids is 1. The van der Waals surface area contributed by atoms with Gasteiger partial charge < -0.3 is 20.2 Å². The Balaban J connectivity index is 1.45. The predicted molar refractivity (Wildman–Crippen MR) is 151 cm³/mol. The Labute approximate surface area is 226 Å². The van der Waals surface area contributed by atoms with Gasteiger partial charge in [0, 0.05) is 37.3 Å². The maximum absolute atomic E-state index is 15.1. The number of phenolic OH excluding ortho intramolecular Hbond substituents is 1. The Morgan fingerprint density at radius 3 is 2.77 bits per heavy atom. The fourth-order valence-corrected chi connectivity index (χ4v) is 4.73. The standard InChI is InChI=1S/C29H32FN7O2/c1-36(2)12-6-7-21(38)15-19-8-10-24(30)22(16-19)27-23-18-31-35-28(23)34-29(33-27)32-20-9-11-26(39)25(17-20)37-13-4-3-5-14-37/h6-11,16-18,39H,3-5,12-15H2,1-2H3,(H2,31,32,33,34,35)/b7-6+. The first-order valence-corrected chi connectivity index (χ1v) is 13.1. The van der Waals surface area contributed by atoms with Crippen LogP contribution in [0.4, 0.5) is 21.7 Å². The first kappa shape index (κ1) is 26.3. The van der Waals surface area contributed by atoms with Crippen LogP contribution in [-0.4, -0.2) is 69.7 Å². The molecule has 0 unspecified atom stereocenters. The number of anilines is 3. The number of nitrogens with one attached hydrogen (secondary N) is 2. The van der Waals surface area contributed by atoms with Crippen molar-refractivity contribution in [1.82, 2.24) is 25.1 Å². The molecule has 39 heavy (non-hydrogen) atoms. The number of benzene rings is 2. The zero-order valence-corrected chi connectivity index (χ0v) is 22.1. The molecule has 2 aromatic carbocycles. The smallest absolute Gasteiger partial charge is 0.229 e. The van der Waals surface area contributed by atoms with Gasteiger partial charge in [0.25, 0.3) is 0 Å². The van der Waals surface area contributed by atoms with E-state index in [2.05, 4.69) is 30.4 Å². The molecule has 5 rings (SSSR count). The normalized spacial score (nSPS) is 14.0. The Bertz CT molecular complexity index is 1510. The van der Waals surface area contributed by atoms with Crippen LogP contribution < -0.4 is 10.2 Å². The second-order valence-corrected chi connectivity index (χ2v) is 10.0. The topological polar surface area (TPSA) is 110 Å². The Morgan fingerprint density at radius 1 is 1.15 bits per heavy atom. The van der Waals surface area contributed by atoms with Crippen LogP contribution in [0.5, 0.6) is 5.75 Å². The maximum Gasteiger partial charge on any atom is 0.229 e. The van der Waals surface area contributed by atoms with E-state index in [1.165, 1.54) is 12.5 Å². The predicted octanol–water partition coefficient (Wildman–Crippen LogP) is 4.83. The first-order chi connectivity index (χ1) is 18.9. The van der Waals surface area contributed by atoms with E-state index in [-0.39, 0.29) is 29.5 Å². The minimum absolute atomic E-state index is 0.0650. The molecule has 3 N–H and O–H groups in total. The van der Waals surface area contributed by atoms with Gasteiger partial charge in [-0.1, -0.05) is 12.1 Å². The summed E-state index contributed by atoms with van der Waals surface area (Å²) in [6.45, 7) is 2.44. The lowest BCUT2D eigenvalue weighted by Crippen LogP contribution is -2.29. The average Bonchev–Trinajstić information content (AvgIpc) is 3.39. The molecule has 1 aliphatic heterocycles. The lowest BCUT2D eigenvalue weighted by atomic mass is 10.0. The number of aromatic hydroxyl groups is 1. The van der Waals surface area contributed by atoms with Crippen molar-refractivity contribution in [3.05, 3.63) is 66.1 Å². The number of piperidine rings is 1. The number of ketones is 1. The van der Waals surface area contributed by atoms with Gasteiger partial charge in [-0.05, 0) is 75.3 Å². The molecule has 1 aliphatic rings. The third-order valence-electron chi connectivity index (χ3n) is 6.68. The number of hydrogen-bond acceptors (Lipinski definition) is 8. The highest BCUT2D eigenvalue weighted by atomic mass is 19.1. The van der Waals surface area contributed by atoms with E-state index < -0.39 is 5.82 Å². The van der Waals surface area contributed by atoms with Gasteiger partial charge in [-0.2, -0.15) is 10.1 Å². The van der Waals surface area contributed by atoms with E-state index in [1.54, 1.807) is 36.5 Å². The van der Waals surface area contributed by atoms with Crippen molar-refractivity contribution in [3.8, 4) is 17.0 Å². The van der Waals surface area contributed by atoms with Crippen LogP contribution in [0, 0.1) is 5.82 Å². The summed E-state index contributed by atoms with van der Waals surface area (Å²) in [6.07, 6.45) is 8.43. The number of halogens is 1. The maximum atomic E-state index is 15.1. The van der Waals surface area contributed by atoms with E-state index >= 15 is 4.39 Å². The molecule has 0 amide bonds. The van der Waals surface area contributed by atoms with Crippen molar-refractivity contribution >= 4 is 34.1 Å². The highest BCUT2D eigenvalue weighted by molar-refractivity contribution is 5.93. The highest BCUT2D eigenvalue weighted by Gasteiger charge is 2.18. The minimum Gasteiger partial charge on any atom is -0.506 e. The largest absolute Gasteiger partial charge is 0.506 e. The van der Waals surface area contributed by atoms with Gasteiger partial charge in [-0.3, -0.25) is 9.89 Å². The van der Waals surface area contributed by atoms with Crippen molar-refractivity contribution in [1.29, 1.82) is 0 Å². The number of H-pyrrole nitrogens is 1. The van der Waals surface area contributed by atoms with Crippen molar-refractivity contribution in [2.24, 2.45) is 0 Å². The number of fused-ring (bicyclic) bond motifs is 1. The fourth-order valence-electron chi connectivity index (χ4n) is 4.73. The molecule has 3 heterocycles. The quantitative estimate of drug-likeness (QED) is 0.209. The molecule has 10 heteroatoms. The number of aromatic nitrogens is 4. The van der Waals surface area contributed by atoms with Gasteiger partial charge >= 0.3 is 0 Å². The average molecular weight is 530 g/mol. The summed E-state index contributed by atoms with van der Waals surface area (Å²) in [5, 5.41) is 21.2. The molecule has 202 valence electrons. The number of hydrogen-bond donors (Lipinski definition) is 3. The number of rotatable bonds is 9. The monoisotopic (exact) mass is 529 g/mol. The molecule has 9 nitrogen and oxygen atoms in total. The van der Waals surface area contributed by atoms with Crippen molar-refractivity contribution < 1.29 is 14.3 Å². The second kappa shape index (κ2) is 11.6. The molecule has 0 radical (unpaired) electrons. The zero-order chi connectivity index (χ0) is 27.4. The number of allylic oxidation sites excluding steroid dienone is 1. The molecule has 0 spiro atoms. The molecule has 4 aromatic rings. The molecular weight excluding hydrogens is 497 g/mol. The summed E-state index contributed by atoms with van der Waals surface area (Å²) < 4.78 is 15.1. The summed E-state index contributed by atoms with van der Waals surface area (Å²) in [4.78, 5) is 25.8. The van der Waals surface area contributed by atoms with Crippen molar-refractivity contribution in [3.63, 3.8) is 0 Å². The van der Waals surface area contributed by atoms with Crippen molar-refractivity contribution in [2.75, 3.05) is 43.9 Å². The zero-order valence-electron chi connectivity index (χ0n) is 22.1. The van der Waals surface area contributed by atoms with Crippen LogP contribution >= 0.6 is 0 Å². The van der Waals surface area contributed by atoms with Gasteiger partial charge in [0.15, 0.2) is 11.4 Å². The highest BCUT2D eigenvalue weighted by Crippen LogP contribution is 2.34. The van der Waals surface area contributed by atoms with Crippen LogP contribution in [0.1, 0.15) is 24.8 Å². The number of carbonyl (C=O) groups is 1. The van der Waals surface area contributed by atoms with E-state index in [9.17, 15) is 9.90 Å². The van der Waals surface area contributed by atoms with Crippen LogP contribution in [0.15, 0.2) is 54.7 Å². The number of aromatic amines is 1. The molecule has 0 saturated carbocycles. The fraction of sp³-hybridized carbons (Fsp3) is 0.310.